The van der Waals surface area contributed by atoms with Crippen LogP contribution in [0.5, 0.6) is 0 Å². The van der Waals surface area contributed by atoms with Crippen molar-refractivity contribution in [3.05, 3.63) is 38.1 Å². The van der Waals surface area contributed by atoms with Crippen molar-refractivity contribution in [1.82, 2.24) is 0 Å². The van der Waals surface area contributed by atoms with E-state index in [9.17, 15) is 14.4 Å². The molecule has 0 radical (unpaired) electrons. The number of hydrogen-bond donors (Lipinski definition) is 4. The predicted octanol–water partition coefficient (Wildman–Crippen LogP) is -24.8. The van der Waals surface area contributed by atoms with E-state index in [0.717, 1.165) is 67.7 Å². The van der Waals surface area contributed by atoms with E-state index in [1.807, 2.05) is 0 Å². The van der Waals surface area contributed by atoms with E-state index < -0.39 is 18.0 Å². The molecule has 32 heavy (non-hydrogen) atoms. The Morgan fingerprint density at radius 1 is 0.625 bits per heavy atom. The summed E-state index contributed by atoms with van der Waals surface area (Å²) in [7, 11) is 3.87. The Balaban J connectivity index is -0.00000000816. The van der Waals surface area contributed by atoms with Crippen molar-refractivity contribution in [2.75, 3.05) is 21.1 Å². The number of hydrogen-bond acceptors (Lipinski definition) is 7. The van der Waals surface area contributed by atoms with Crippen LogP contribution >= 0.6 is 0 Å². The van der Waals surface area contributed by atoms with Crippen molar-refractivity contribution in [2.45, 2.75) is 6.92 Å². The van der Waals surface area contributed by atoms with Crippen molar-refractivity contribution in [1.29, 1.82) is 0 Å². The van der Waals surface area contributed by atoms with Gasteiger partial charge in [0.25, 0.3) is 0 Å². The van der Waals surface area contributed by atoms with Gasteiger partial charge in [-0.05, 0) is 19.0 Å². The van der Waals surface area contributed by atoms with Gasteiger partial charge in [-0.15, -0.1) is 14.1 Å². The molecule has 0 aliphatic heterocycles. The summed E-state index contributed by atoms with van der Waals surface area (Å²) in [5.41, 5.74) is 15.0. The summed E-state index contributed by atoms with van der Waals surface area (Å²) in [6.45, 7) is 1.17. The quantitative estimate of drug-likeness (QED) is 0.146. The number of rotatable bonds is 1. The SMILES string of the molecule is CC(=O)[N-]O.C[N-]C(=O)[N-]O.C[N-]O.C[N-][N-]C(=O)[N-]O.[H-].[H-].[Rb+].[Rb+].[Rb+].[Rb+].[Rb+].[Rb+].[Rb+].[Rb+].[Rb+].[Rb][Rb]. The van der Waals surface area contributed by atoms with Crippen LogP contribution in [0.25, 0.3) is 38.1 Å². The molecule has 14 nitrogen and oxygen atoms in total. The zero-order valence-electron chi connectivity index (χ0n) is 24.6. The van der Waals surface area contributed by atoms with Crippen LogP contribution in [0.15, 0.2) is 0 Å². The molecule has 0 aromatic carbocycles. The first-order valence-electron chi connectivity index (χ1n) is 5.57. The number of carbonyl (C=O) groups excluding carboxylic acids is 3. The van der Waals surface area contributed by atoms with Crippen LogP contribution in [-0.2, 0) is 4.79 Å². The van der Waals surface area contributed by atoms with Gasteiger partial charge in [0.15, 0.2) is 0 Å². The number of nitrogens with zero attached hydrogens (tertiary/aromatic N) is 7. The Kier molecular flexibility index (Phi) is 282. The third-order valence-electron chi connectivity index (χ3n) is 0.689. The van der Waals surface area contributed by atoms with Crippen molar-refractivity contribution >= 4 is 85.7 Å². The zero-order valence-corrected chi connectivity index (χ0v) is 76.7. The number of carbonyl (C=O) groups is 3. The molecule has 0 aromatic rings. The molecule has 0 aliphatic carbocycles. The molecule has 0 fully saturated rings. The fourth-order valence-corrected chi connectivity index (χ4v) is 0.150. The topological polar surface area (TPSA) is 231 Å². The van der Waals surface area contributed by atoms with E-state index in [1.165, 1.54) is 28.1 Å². The summed E-state index contributed by atoms with van der Waals surface area (Å²) in [5.74, 6) is -0.565. The Morgan fingerprint density at radius 2 is 0.844 bits per heavy atom. The fraction of sp³-hybridized carbons (Fsp3) is 0.571. The van der Waals surface area contributed by atoms with Crippen LogP contribution in [0.3, 0.4) is 0 Å². The first kappa shape index (κ1) is 92.5. The molecule has 0 heterocycles. The molecule has 134 valence electrons. The number of hydroxylamine groups is 4. The first-order valence-corrected chi connectivity index (χ1v) is 39.6. The molecule has 0 aliphatic rings. The molecule has 0 saturated carbocycles. The fourth-order valence-electron chi connectivity index (χ4n) is 0.150. The van der Waals surface area contributed by atoms with E-state index in [1.54, 1.807) is 0 Å². The molecule has 4 N–H and O–H groups in total. The van der Waals surface area contributed by atoms with Crippen LogP contribution in [-0.4, -0.2) is 128 Å². The monoisotopic (exact) mass is 1250 g/mol. The van der Waals surface area contributed by atoms with Crippen molar-refractivity contribution in [2.24, 2.45) is 0 Å². The average molecular weight is 1250 g/mol. The molecule has 0 bridgehead atoms. The maximum atomic E-state index is 9.73. The average Bonchev–Trinajstić information content (AvgIpc) is 2.57. The second kappa shape index (κ2) is 97.5. The summed E-state index contributed by atoms with van der Waals surface area (Å²) in [6.07, 6.45) is 0. The van der Waals surface area contributed by atoms with Crippen molar-refractivity contribution < 1.29 is 562 Å². The van der Waals surface area contributed by atoms with Crippen LogP contribution < -0.4 is 524 Å². The normalized spacial score (nSPS) is 4.88. The van der Waals surface area contributed by atoms with Crippen LogP contribution in [0.2, 0.25) is 0 Å². The van der Waals surface area contributed by atoms with Gasteiger partial charge in [-0.3, -0.25) is 0 Å². The van der Waals surface area contributed by atoms with Crippen LogP contribution in [0.4, 0.5) is 9.59 Å². The third kappa shape index (κ3) is 126. The molecule has 0 aromatic heterocycles. The molecule has 0 saturated heterocycles. The third-order valence-corrected chi connectivity index (χ3v) is 0.689. The van der Waals surface area contributed by atoms with Crippen LogP contribution in [0, 0.1) is 0 Å². The van der Waals surface area contributed by atoms with Crippen molar-refractivity contribution in [3.63, 3.8) is 0 Å². The molecular formula is C7H18N7O7Rb11. The molecule has 5 amide bonds. The molecule has 0 rings (SSSR count). The molecular weight excluding hydrogens is 1230 g/mol. The minimum atomic E-state index is -0.984. The van der Waals surface area contributed by atoms with E-state index >= 15 is 0 Å². The summed E-state index contributed by atoms with van der Waals surface area (Å²) in [5, 5.41) is 32.7. The van der Waals surface area contributed by atoms with E-state index in [0.29, 0.717) is 0 Å². The summed E-state index contributed by atoms with van der Waals surface area (Å²) < 4.78 is 0. The van der Waals surface area contributed by atoms with Crippen molar-refractivity contribution in [3.8, 4) is 0 Å². The Hall–Kier alpha value is 17.6. The van der Waals surface area contributed by atoms with Gasteiger partial charge in [0.1, 0.15) is 0 Å². The van der Waals surface area contributed by atoms with Gasteiger partial charge >= 0.3 is 591 Å². The van der Waals surface area contributed by atoms with E-state index in [4.69, 9.17) is 20.8 Å². The molecule has 0 unspecified atom stereocenters. The van der Waals surface area contributed by atoms with E-state index in [2.05, 4.69) is 38.1 Å². The van der Waals surface area contributed by atoms with Gasteiger partial charge in [0.05, 0.1) is 5.91 Å². The Morgan fingerprint density at radius 3 is 0.875 bits per heavy atom. The van der Waals surface area contributed by atoms with Gasteiger partial charge in [-0.1, -0.05) is 0 Å². The van der Waals surface area contributed by atoms with Gasteiger partial charge in [0, 0.05) is 0 Å². The van der Waals surface area contributed by atoms with E-state index in [-0.39, 0.29) is 527 Å². The minimum absolute atomic E-state index is 0. The number of amides is 5. The Labute approximate surface area is 683 Å². The maximum absolute atomic E-state index is 9.73. The summed E-state index contributed by atoms with van der Waals surface area (Å²) in [4.78, 5) is 28.7. The van der Waals surface area contributed by atoms with Gasteiger partial charge in [-0.2, -0.15) is 7.05 Å². The van der Waals surface area contributed by atoms with Gasteiger partial charge < -0.3 is 76.2 Å². The standard InChI is InChI=1S/C2H5N3O2.C2H5N2O2.C2H5NO2.CH4NO.11Rb.2H/c1-3-4-2(6)5-7;1-3-2(5)4-6;1-2(4)3-5;1-2-3;;;;;;;;;;;;;/h1H3,(H2-,4,5,6,7);1H3,(H2-,3,4,5,6);1H3,(H2,3,4,5);3H,1H3;;;;;;;;;;;;;/q-2;-1;;-1;;;9*+1;2*-1/p-3. The predicted molar refractivity (Wildman–Crippen MR) is 83.6 cm³/mol. The molecule has 0 atom stereocenters. The summed E-state index contributed by atoms with van der Waals surface area (Å²) in [6, 6.07) is -1.84. The number of urea groups is 2. The second-order valence-corrected chi connectivity index (χ2v) is 2.11. The van der Waals surface area contributed by atoms with Gasteiger partial charge in [0.2, 0.25) is 0 Å². The zero-order chi connectivity index (χ0) is 19.7. The molecule has 0 spiro atoms. The summed E-state index contributed by atoms with van der Waals surface area (Å²) >= 11 is 2.32. The first-order chi connectivity index (χ1) is 10.8. The second-order valence-electron chi connectivity index (χ2n) is 2.11. The molecule has 25 heteroatoms. The Bertz CT molecular complexity index is 288. The van der Waals surface area contributed by atoms with Gasteiger partial charge in [-0.25, -0.2) is 0 Å². The van der Waals surface area contributed by atoms with Crippen LogP contribution in [0.1, 0.15) is 9.78 Å².